The fourth-order valence-corrected chi connectivity index (χ4v) is 1.98. The van der Waals surface area contributed by atoms with E-state index in [2.05, 4.69) is 12.2 Å². The predicted molar refractivity (Wildman–Crippen MR) is 66.6 cm³/mol. The van der Waals surface area contributed by atoms with E-state index < -0.39 is 6.03 Å². The van der Waals surface area contributed by atoms with Crippen molar-refractivity contribution in [3.8, 4) is 0 Å². The fourth-order valence-electron chi connectivity index (χ4n) is 1.98. The van der Waals surface area contributed by atoms with Crippen LogP contribution in [0.25, 0.3) is 11.0 Å². The smallest absolute Gasteiger partial charge is 0.312 e. The number of amides is 2. The molecule has 0 aliphatic heterocycles. The van der Waals surface area contributed by atoms with Gasteiger partial charge in [-0.25, -0.2) is 4.79 Å². The largest absolute Gasteiger partial charge is 0.464 e. The minimum absolute atomic E-state index is 0.0307. The van der Waals surface area contributed by atoms with Crippen molar-refractivity contribution in [2.45, 2.75) is 25.8 Å². The van der Waals surface area contributed by atoms with Gasteiger partial charge in [-0.2, -0.15) is 0 Å². The van der Waals surface area contributed by atoms with Gasteiger partial charge in [-0.1, -0.05) is 19.4 Å². The van der Waals surface area contributed by atoms with Crippen molar-refractivity contribution in [2.75, 3.05) is 0 Å². The van der Waals surface area contributed by atoms with Gasteiger partial charge >= 0.3 is 6.03 Å². The van der Waals surface area contributed by atoms with Gasteiger partial charge in [0.1, 0.15) is 5.58 Å². The topological polar surface area (TPSA) is 68.3 Å². The number of nitrogens with one attached hydrogen (secondary N) is 1. The van der Waals surface area contributed by atoms with Crippen LogP contribution in [0, 0.1) is 0 Å². The maximum Gasteiger partial charge on any atom is 0.312 e. The number of hydrogen-bond acceptors (Lipinski definition) is 2. The quantitative estimate of drug-likeness (QED) is 0.850. The first-order valence-corrected chi connectivity index (χ1v) is 5.74. The van der Waals surface area contributed by atoms with Crippen LogP contribution < -0.4 is 11.1 Å². The molecule has 1 unspecified atom stereocenters. The second-order valence-corrected chi connectivity index (χ2v) is 4.07. The molecule has 0 aliphatic rings. The van der Waals surface area contributed by atoms with Crippen molar-refractivity contribution in [1.29, 1.82) is 0 Å². The first-order valence-electron chi connectivity index (χ1n) is 5.74. The van der Waals surface area contributed by atoms with Crippen LogP contribution in [0.15, 0.2) is 34.9 Å². The van der Waals surface area contributed by atoms with Crippen LogP contribution in [0.4, 0.5) is 4.79 Å². The average molecular weight is 232 g/mol. The van der Waals surface area contributed by atoms with Crippen molar-refractivity contribution in [1.82, 2.24) is 5.32 Å². The second kappa shape index (κ2) is 4.91. The molecule has 0 saturated heterocycles. The van der Waals surface area contributed by atoms with Crippen LogP contribution in [0.2, 0.25) is 0 Å². The number of hydrogen-bond donors (Lipinski definition) is 2. The molecule has 1 atom stereocenters. The molecule has 1 aromatic carbocycles. The number of primary amides is 1. The zero-order valence-corrected chi connectivity index (χ0v) is 9.77. The minimum atomic E-state index is -0.490. The maximum absolute atomic E-state index is 11.0. The van der Waals surface area contributed by atoms with Gasteiger partial charge in [0.2, 0.25) is 0 Å². The Kier molecular flexibility index (Phi) is 3.32. The number of urea groups is 1. The molecule has 2 amide bonds. The van der Waals surface area contributed by atoms with Crippen molar-refractivity contribution in [2.24, 2.45) is 5.73 Å². The monoisotopic (exact) mass is 232 g/mol. The van der Waals surface area contributed by atoms with Gasteiger partial charge in [-0.05, 0) is 30.2 Å². The molecule has 1 aromatic heterocycles. The van der Waals surface area contributed by atoms with E-state index in [0.717, 1.165) is 29.4 Å². The van der Waals surface area contributed by atoms with E-state index in [9.17, 15) is 4.79 Å². The summed E-state index contributed by atoms with van der Waals surface area (Å²) in [5.74, 6) is 0. The Hall–Kier alpha value is -1.97. The Labute approximate surface area is 99.8 Å². The van der Waals surface area contributed by atoms with Gasteiger partial charge in [-0.3, -0.25) is 0 Å². The van der Waals surface area contributed by atoms with E-state index in [1.54, 1.807) is 6.26 Å². The molecule has 17 heavy (non-hydrogen) atoms. The van der Waals surface area contributed by atoms with Gasteiger partial charge < -0.3 is 15.5 Å². The fraction of sp³-hybridized carbons (Fsp3) is 0.308. The Balaban J connectivity index is 2.29. The molecular weight excluding hydrogens is 216 g/mol. The normalized spacial score (nSPS) is 12.5. The highest BCUT2D eigenvalue weighted by Gasteiger charge is 2.12. The molecule has 3 N–H and O–H groups in total. The molecule has 0 fully saturated rings. The molecule has 0 aliphatic carbocycles. The summed E-state index contributed by atoms with van der Waals surface area (Å²) in [5, 5.41) is 3.80. The minimum Gasteiger partial charge on any atom is -0.464 e. The molecule has 2 aromatic rings. The molecule has 0 radical (unpaired) electrons. The molecule has 0 spiro atoms. The van der Waals surface area contributed by atoms with E-state index >= 15 is 0 Å². The van der Waals surface area contributed by atoms with Gasteiger partial charge in [0.05, 0.1) is 12.3 Å². The third kappa shape index (κ3) is 2.58. The zero-order valence-electron chi connectivity index (χ0n) is 9.77. The molecule has 1 heterocycles. The lowest BCUT2D eigenvalue weighted by atomic mass is 10.0. The van der Waals surface area contributed by atoms with Crippen LogP contribution >= 0.6 is 0 Å². The summed E-state index contributed by atoms with van der Waals surface area (Å²) in [4.78, 5) is 11.0. The van der Waals surface area contributed by atoms with Crippen LogP contribution in [0.3, 0.4) is 0 Å². The Morgan fingerprint density at radius 1 is 1.47 bits per heavy atom. The third-order valence-electron chi connectivity index (χ3n) is 2.77. The molecule has 0 saturated carbocycles. The lowest BCUT2D eigenvalue weighted by Crippen LogP contribution is -2.33. The van der Waals surface area contributed by atoms with E-state index in [1.165, 1.54) is 0 Å². The Morgan fingerprint density at radius 3 is 3.00 bits per heavy atom. The van der Waals surface area contributed by atoms with Crippen molar-refractivity contribution >= 4 is 17.0 Å². The van der Waals surface area contributed by atoms with Crippen LogP contribution in [0.5, 0.6) is 0 Å². The van der Waals surface area contributed by atoms with Crippen LogP contribution in [-0.4, -0.2) is 6.03 Å². The van der Waals surface area contributed by atoms with Crippen LogP contribution in [0.1, 0.15) is 31.4 Å². The number of nitrogens with two attached hydrogens (primary N) is 1. The van der Waals surface area contributed by atoms with Crippen molar-refractivity contribution in [3.63, 3.8) is 0 Å². The molecule has 2 rings (SSSR count). The average Bonchev–Trinajstić information content (AvgIpc) is 2.74. The lowest BCUT2D eigenvalue weighted by molar-refractivity contribution is 0.244. The van der Waals surface area contributed by atoms with Crippen LogP contribution in [-0.2, 0) is 0 Å². The van der Waals surface area contributed by atoms with Gasteiger partial charge in [-0.15, -0.1) is 0 Å². The maximum atomic E-state index is 11.0. The summed E-state index contributed by atoms with van der Waals surface area (Å²) in [6.07, 6.45) is 3.51. The number of carbonyl (C=O) groups is 1. The lowest BCUT2D eigenvalue weighted by Gasteiger charge is -2.17. The summed E-state index contributed by atoms with van der Waals surface area (Å²) in [6.45, 7) is 2.08. The number of fused-ring (bicyclic) bond motifs is 1. The summed E-state index contributed by atoms with van der Waals surface area (Å²) in [7, 11) is 0. The molecule has 0 bridgehead atoms. The summed E-state index contributed by atoms with van der Waals surface area (Å²) in [6, 6.07) is 7.28. The van der Waals surface area contributed by atoms with Gasteiger partial charge in [0.25, 0.3) is 0 Å². The number of carbonyl (C=O) groups excluding carboxylic acids is 1. The standard InChI is InChI=1S/C13H16N2O2/c1-2-3-11(15-13(14)16)9-4-5-12-10(8-9)6-7-17-12/h4-8,11H,2-3H2,1H3,(H3,14,15,16). The van der Waals surface area contributed by atoms with Crippen molar-refractivity contribution in [3.05, 3.63) is 36.1 Å². The SMILES string of the molecule is CCCC(NC(N)=O)c1ccc2occc2c1. The Bertz CT molecular complexity index is 519. The number of furan rings is 1. The molecule has 90 valence electrons. The van der Waals surface area contributed by atoms with E-state index in [1.807, 2.05) is 24.3 Å². The van der Waals surface area contributed by atoms with E-state index in [4.69, 9.17) is 10.2 Å². The van der Waals surface area contributed by atoms with E-state index in [0.29, 0.717) is 0 Å². The highest BCUT2D eigenvalue weighted by atomic mass is 16.3. The Morgan fingerprint density at radius 2 is 2.29 bits per heavy atom. The van der Waals surface area contributed by atoms with Crippen molar-refractivity contribution < 1.29 is 9.21 Å². The summed E-state index contributed by atoms with van der Waals surface area (Å²) in [5.41, 5.74) is 7.09. The highest BCUT2D eigenvalue weighted by Crippen LogP contribution is 2.23. The number of rotatable bonds is 4. The molecular formula is C13H16N2O2. The first-order chi connectivity index (χ1) is 8.20. The molecule has 4 nitrogen and oxygen atoms in total. The third-order valence-corrected chi connectivity index (χ3v) is 2.77. The first kappa shape index (κ1) is 11.5. The zero-order chi connectivity index (χ0) is 12.3. The van der Waals surface area contributed by atoms with Gasteiger partial charge in [0, 0.05) is 5.39 Å². The van der Waals surface area contributed by atoms with E-state index in [-0.39, 0.29) is 6.04 Å². The molecule has 4 heteroatoms. The highest BCUT2D eigenvalue weighted by molar-refractivity contribution is 5.78. The number of benzene rings is 1. The van der Waals surface area contributed by atoms with Gasteiger partial charge in [0.15, 0.2) is 0 Å². The summed E-state index contributed by atoms with van der Waals surface area (Å²) < 4.78 is 5.28. The predicted octanol–water partition coefficient (Wildman–Crippen LogP) is 2.94. The summed E-state index contributed by atoms with van der Waals surface area (Å²) >= 11 is 0. The second-order valence-electron chi connectivity index (χ2n) is 4.07.